The lowest BCUT2D eigenvalue weighted by Crippen LogP contribution is -2.14. The van der Waals surface area contributed by atoms with Crippen molar-refractivity contribution >= 4 is 23.0 Å². The summed E-state index contributed by atoms with van der Waals surface area (Å²) in [5, 5.41) is 11.9. The van der Waals surface area contributed by atoms with Gasteiger partial charge in [0.05, 0.1) is 11.0 Å². The molecule has 0 bridgehead atoms. The second-order valence-electron chi connectivity index (χ2n) is 4.80. The zero-order valence-electron chi connectivity index (χ0n) is 12.0. The fraction of sp³-hybridized carbons (Fsp3) is 0.200. The van der Waals surface area contributed by atoms with Gasteiger partial charge in [-0.05, 0) is 25.1 Å². The number of nitrogens with one attached hydrogen (secondary N) is 1. The maximum absolute atomic E-state index is 10.9. The number of carbonyl (C=O) groups is 1. The molecule has 7 heteroatoms. The molecule has 0 unspecified atom stereocenters. The summed E-state index contributed by atoms with van der Waals surface area (Å²) in [6.07, 6.45) is 1.43. The number of aryl methyl sites for hydroxylation is 1. The summed E-state index contributed by atoms with van der Waals surface area (Å²) in [5.74, 6) is 0.173. The van der Waals surface area contributed by atoms with Crippen molar-refractivity contribution in [2.45, 2.75) is 13.5 Å². The lowest BCUT2D eigenvalue weighted by atomic mass is 10.3. The maximum Gasteiger partial charge on any atom is 0.354 e. The van der Waals surface area contributed by atoms with Gasteiger partial charge in [-0.3, -0.25) is 0 Å². The predicted octanol–water partition coefficient (Wildman–Crippen LogP) is 1.95. The Kier molecular flexibility index (Phi) is 3.69. The molecule has 3 rings (SSSR count). The van der Waals surface area contributed by atoms with E-state index in [1.54, 1.807) is 0 Å². The van der Waals surface area contributed by atoms with Crippen molar-refractivity contribution in [3.63, 3.8) is 0 Å². The van der Waals surface area contributed by atoms with E-state index in [0.29, 0.717) is 19.0 Å². The second-order valence-corrected chi connectivity index (χ2v) is 4.80. The molecule has 0 atom stereocenters. The maximum atomic E-state index is 10.9. The summed E-state index contributed by atoms with van der Waals surface area (Å²) in [5.41, 5.74) is 2.01. The molecular formula is C15H15N5O2. The van der Waals surface area contributed by atoms with Crippen LogP contribution in [0.2, 0.25) is 0 Å². The van der Waals surface area contributed by atoms with Crippen molar-refractivity contribution in [1.82, 2.24) is 19.5 Å². The zero-order chi connectivity index (χ0) is 15.5. The Labute approximate surface area is 126 Å². The molecule has 2 N–H and O–H groups in total. The number of anilines is 1. The highest BCUT2D eigenvalue weighted by molar-refractivity contribution is 5.85. The molecule has 0 amide bonds. The monoisotopic (exact) mass is 297 g/mol. The van der Waals surface area contributed by atoms with Gasteiger partial charge in [-0.1, -0.05) is 12.1 Å². The lowest BCUT2D eigenvalue weighted by molar-refractivity contribution is 0.0690. The first kappa shape index (κ1) is 14.0. The number of nitrogens with zero attached hydrogens (tertiary/aromatic N) is 4. The van der Waals surface area contributed by atoms with Crippen molar-refractivity contribution in [3.8, 4) is 0 Å². The Morgan fingerprint density at radius 3 is 2.91 bits per heavy atom. The molecule has 0 radical (unpaired) electrons. The van der Waals surface area contributed by atoms with Crippen molar-refractivity contribution in [2.75, 3.05) is 11.9 Å². The van der Waals surface area contributed by atoms with Crippen LogP contribution >= 0.6 is 0 Å². The van der Waals surface area contributed by atoms with Gasteiger partial charge >= 0.3 is 5.97 Å². The van der Waals surface area contributed by atoms with E-state index in [-0.39, 0.29) is 5.69 Å². The number of para-hydroxylation sites is 2. The molecule has 0 spiro atoms. The Balaban J connectivity index is 1.71. The van der Waals surface area contributed by atoms with Crippen LogP contribution in [0.3, 0.4) is 0 Å². The van der Waals surface area contributed by atoms with Gasteiger partial charge in [0.2, 0.25) is 5.95 Å². The highest BCUT2D eigenvalue weighted by atomic mass is 16.4. The molecule has 0 aliphatic heterocycles. The normalized spacial score (nSPS) is 10.8. The Hall–Kier alpha value is -2.96. The van der Waals surface area contributed by atoms with Gasteiger partial charge in [0, 0.05) is 19.3 Å². The molecule has 0 saturated carbocycles. The standard InChI is InChI=1S/C15H15N5O2/c1-10-18-11-4-2-3-5-13(11)20(10)9-8-17-15-16-7-6-12(19-15)14(21)22/h2-7H,8-9H2,1H3,(H,21,22)(H,16,17,19). The first-order chi connectivity index (χ1) is 10.6. The number of fused-ring (bicyclic) bond motifs is 1. The number of benzene rings is 1. The van der Waals surface area contributed by atoms with Crippen LogP contribution in [0.1, 0.15) is 16.3 Å². The number of imidazole rings is 1. The smallest absolute Gasteiger partial charge is 0.354 e. The third-order valence-corrected chi connectivity index (χ3v) is 3.34. The Morgan fingerprint density at radius 1 is 1.27 bits per heavy atom. The minimum Gasteiger partial charge on any atom is -0.477 e. The highest BCUT2D eigenvalue weighted by Crippen LogP contribution is 2.15. The molecule has 2 aromatic heterocycles. The van der Waals surface area contributed by atoms with E-state index in [2.05, 4.69) is 24.8 Å². The number of carboxylic acid groups (broad SMARTS) is 1. The Morgan fingerprint density at radius 2 is 2.09 bits per heavy atom. The predicted molar refractivity (Wildman–Crippen MR) is 82.0 cm³/mol. The van der Waals surface area contributed by atoms with Gasteiger partial charge in [0.1, 0.15) is 5.82 Å². The summed E-state index contributed by atoms with van der Waals surface area (Å²) in [6.45, 7) is 3.22. The summed E-state index contributed by atoms with van der Waals surface area (Å²) >= 11 is 0. The van der Waals surface area contributed by atoms with Gasteiger partial charge in [-0.25, -0.2) is 19.7 Å². The van der Waals surface area contributed by atoms with Crippen LogP contribution in [0.4, 0.5) is 5.95 Å². The molecule has 1 aromatic carbocycles. The van der Waals surface area contributed by atoms with Crippen LogP contribution in [0.15, 0.2) is 36.5 Å². The number of hydrogen-bond donors (Lipinski definition) is 2. The third-order valence-electron chi connectivity index (χ3n) is 3.34. The molecule has 0 fully saturated rings. The van der Waals surface area contributed by atoms with Crippen molar-refractivity contribution < 1.29 is 9.90 Å². The molecule has 2 heterocycles. The molecule has 112 valence electrons. The number of aromatic nitrogens is 4. The van der Waals surface area contributed by atoms with E-state index < -0.39 is 5.97 Å². The van der Waals surface area contributed by atoms with Gasteiger partial charge in [-0.15, -0.1) is 0 Å². The van der Waals surface area contributed by atoms with Crippen molar-refractivity contribution in [2.24, 2.45) is 0 Å². The first-order valence-electron chi connectivity index (χ1n) is 6.87. The second kappa shape index (κ2) is 5.80. The SMILES string of the molecule is Cc1nc2ccccc2n1CCNc1nccc(C(=O)O)n1. The van der Waals surface area contributed by atoms with Crippen LogP contribution in [-0.2, 0) is 6.54 Å². The zero-order valence-corrected chi connectivity index (χ0v) is 12.0. The van der Waals surface area contributed by atoms with Crippen LogP contribution in [0.5, 0.6) is 0 Å². The van der Waals surface area contributed by atoms with Gasteiger partial charge in [0.15, 0.2) is 5.69 Å². The van der Waals surface area contributed by atoms with E-state index in [1.165, 1.54) is 12.3 Å². The van der Waals surface area contributed by atoms with Crippen LogP contribution in [0.25, 0.3) is 11.0 Å². The van der Waals surface area contributed by atoms with Gasteiger partial charge in [0.25, 0.3) is 0 Å². The van der Waals surface area contributed by atoms with Crippen molar-refractivity contribution in [3.05, 3.63) is 48.0 Å². The topological polar surface area (TPSA) is 92.9 Å². The Bertz CT molecular complexity index is 828. The molecule has 3 aromatic rings. The molecule has 0 aliphatic carbocycles. The summed E-state index contributed by atoms with van der Waals surface area (Å²) in [7, 11) is 0. The minimum atomic E-state index is -1.07. The van der Waals surface area contributed by atoms with Gasteiger partial charge < -0.3 is 15.0 Å². The molecule has 0 saturated heterocycles. The quantitative estimate of drug-likeness (QED) is 0.747. The molecule has 22 heavy (non-hydrogen) atoms. The highest BCUT2D eigenvalue weighted by Gasteiger charge is 2.08. The molecular weight excluding hydrogens is 282 g/mol. The fourth-order valence-corrected chi connectivity index (χ4v) is 2.32. The number of hydrogen-bond acceptors (Lipinski definition) is 5. The first-order valence-corrected chi connectivity index (χ1v) is 6.87. The van der Waals surface area contributed by atoms with Crippen LogP contribution in [0, 0.1) is 6.92 Å². The van der Waals surface area contributed by atoms with E-state index in [9.17, 15) is 4.79 Å². The summed E-state index contributed by atoms with van der Waals surface area (Å²) in [6, 6.07) is 9.30. The molecule has 0 aliphatic rings. The number of rotatable bonds is 5. The number of aromatic carboxylic acids is 1. The minimum absolute atomic E-state index is 0.0261. The lowest BCUT2D eigenvalue weighted by Gasteiger charge is -2.08. The fourth-order valence-electron chi connectivity index (χ4n) is 2.32. The van der Waals surface area contributed by atoms with E-state index in [4.69, 9.17) is 5.11 Å². The van der Waals surface area contributed by atoms with E-state index >= 15 is 0 Å². The average Bonchev–Trinajstić information content (AvgIpc) is 2.84. The van der Waals surface area contributed by atoms with Crippen LogP contribution < -0.4 is 5.32 Å². The van der Waals surface area contributed by atoms with Gasteiger partial charge in [-0.2, -0.15) is 0 Å². The summed E-state index contributed by atoms with van der Waals surface area (Å²) in [4.78, 5) is 23.3. The largest absolute Gasteiger partial charge is 0.477 e. The third kappa shape index (κ3) is 2.73. The van der Waals surface area contributed by atoms with Crippen molar-refractivity contribution in [1.29, 1.82) is 0 Å². The van der Waals surface area contributed by atoms with Crippen LogP contribution in [-0.4, -0.2) is 37.1 Å². The van der Waals surface area contributed by atoms with E-state index in [1.807, 2.05) is 31.2 Å². The summed E-state index contributed by atoms with van der Waals surface area (Å²) < 4.78 is 2.10. The average molecular weight is 297 g/mol. The number of carboxylic acids is 1. The van der Waals surface area contributed by atoms with E-state index in [0.717, 1.165) is 16.9 Å². The molecule has 7 nitrogen and oxygen atoms in total.